The van der Waals surface area contributed by atoms with Crippen LogP contribution in [0.15, 0.2) is 24.3 Å². The molecule has 1 aromatic rings. The van der Waals surface area contributed by atoms with E-state index in [1.165, 1.54) is 37.1 Å². The third kappa shape index (κ3) is 2.57. The zero-order valence-corrected chi connectivity index (χ0v) is 11.9. The second kappa shape index (κ2) is 5.41. The van der Waals surface area contributed by atoms with Gasteiger partial charge in [-0.25, -0.2) is 0 Å². The van der Waals surface area contributed by atoms with E-state index < -0.39 is 0 Å². The summed E-state index contributed by atoms with van der Waals surface area (Å²) in [4.78, 5) is 4.90. The van der Waals surface area contributed by atoms with Crippen LogP contribution >= 0.6 is 0 Å². The Kier molecular flexibility index (Phi) is 3.65. The fraction of sp³-hybridized carbons (Fsp3) is 0.625. The molecule has 1 aromatic carbocycles. The number of anilines is 2. The number of likely N-dealkylation sites (N-methyl/N-ethyl adjacent to an activating group) is 1. The smallest absolute Gasteiger partial charge is 0.0604 e. The van der Waals surface area contributed by atoms with Crippen LogP contribution in [0.2, 0.25) is 0 Å². The van der Waals surface area contributed by atoms with Crippen LogP contribution in [-0.2, 0) is 0 Å². The van der Waals surface area contributed by atoms with Gasteiger partial charge >= 0.3 is 0 Å². The van der Waals surface area contributed by atoms with Crippen molar-refractivity contribution in [2.45, 2.75) is 31.7 Å². The average molecular weight is 259 g/mol. The van der Waals surface area contributed by atoms with Gasteiger partial charge < -0.3 is 15.5 Å². The Bertz CT molecular complexity index is 432. The summed E-state index contributed by atoms with van der Waals surface area (Å²) in [5.41, 5.74) is 9.05. The Morgan fingerprint density at radius 3 is 2.63 bits per heavy atom. The lowest BCUT2D eigenvalue weighted by molar-refractivity contribution is 0.309. The molecule has 0 saturated heterocycles. The van der Waals surface area contributed by atoms with Crippen LogP contribution in [0.5, 0.6) is 0 Å². The molecule has 2 atom stereocenters. The first kappa shape index (κ1) is 12.8. The summed E-state index contributed by atoms with van der Waals surface area (Å²) >= 11 is 0. The fourth-order valence-electron chi connectivity index (χ4n) is 3.50. The van der Waals surface area contributed by atoms with Gasteiger partial charge in [0.2, 0.25) is 0 Å². The Labute approximate surface area is 116 Å². The molecule has 3 heteroatoms. The van der Waals surface area contributed by atoms with E-state index in [1.807, 2.05) is 0 Å². The van der Waals surface area contributed by atoms with Crippen molar-refractivity contribution < 1.29 is 0 Å². The third-order valence-electron chi connectivity index (χ3n) is 4.76. The second-order valence-electron chi connectivity index (χ2n) is 6.06. The topological polar surface area (TPSA) is 32.5 Å². The highest BCUT2D eigenvalue weighted by Crippen LogP contribution is 2.34. The first-order valence-electron chi connectivity index (χ1n) is 7.56. The summed E-state index contributed by atoms with van der Waals surface area (Å²) in [5.74, 6) is 0.671. The van der Waals surface area contributed by atoms with E-state index in [9.17, 15) is 0 Å². The minimum atomic E-state index is 0.403. The molecule has 2 unspecified atom stereocenters. The number of fused-ring (bicyclic) bond motifs is 1. The second-order valence-corrected chi connectivity index (χ2v) is 6.06. The van der Waals surface area contributed by atoms with Gasteiger partial charge in [-0.2, -0.15) is 0 Å². The standard InChI is InChI=1S/C16H25N3/c1-18-10-11-19(16-9-5-4-8-15(16)18)12-13-6-2-3-7-14(13)17/h4-5,8-9,13-14H,2-3,6-7,10-12,17H2,1H3. The van der Waals surface area contributed by atoms with Crippen LogP contribution < -0.4 is 15.5 Å². The van der Waals surface area contributed by atoms with E-state index in [1.54, 1.807) is 0 Å². The summed E-state index contributed by atoms with van der Waals surface area (Å²) in [6.45, 7) is 3.36. The molecule has 0 aromatic heterocycles. The fourth-order valence-corrected chi connectivity index (χ4v) is 3.50. The Morgan fingerprint density at radius 1 is 1.11 bits per heavy atom. The van der Waals surface area contributed by atoms with Crippen LogP contribution in [0.3, 0.4) is 0 Å². The van der Waals surface area contributed by atoms with Crippen molar-refractivity contribution in [2.24, 2.45) is 11.7 Å². The van der Waals surface area contributed by atoms with E-state index in [0.717, 1.165) is 19.6 Å². The van der Waals surface area contributed by atoms with E-state index in [2.05, 4.69) is 41.1 Å². The number of nitrogens with zero attached hydrogens (tertiary/aromatic N) is 2. The van der Waals surface area contributed by atoms with Gasteiger partial charge in [0.1, 0.15) is 0 Å². The highest BCUT2D eigenvalue weighted by atomic mass is 15.3. The number of nitrogens with two attached hydrogens (primary N) is 1. The summed E-state index contributed by atoms with van der Waals surface area (Å²) < 4.78 is 0. The van der Waals surface area contributed by atoms with Gasteiger partial charge in [-0.3, -0.25) is 0 Å². The third-order valence-corrected chi connectivity index (χ3v) is 4.76. The van der Waals surface area contributed by atoms with Gasteiger partial charge in [0.05, 0.1) is 11.4 Å². The zero-order chi connectivity index (χ0) is 13.2. The van der Waals surface area contributed by atoms with Crippen LogP contribution in [0.25, 0.3) is 0 Å². The maximum absolute atomic E-state index is 6.31. The molecule has 0 amide bonds. The van der Waals surface area contributed by atoms with E-state index in [4.69, 9.17) is 5.73 Å². The molecule has 3 rings (SSSR count). The average Bonchev–Trinajstić information content (AvgIpc) is 2.44. The highest BCUT2D eigenvalue weighted by molar-refractivity contribution is 5.73. The Hall–Kier alpha value is -1.22. The number of benzene rings is 1. The molecule has 1 aliphatic heterocycles. The summed E-state index contributed by atoms with van der Waals surface area (Å²) in [6, 6.07) is 9.15. The molecule has 2 aliphatic rings. The predicted molar refractivity (Wildman–Crippen MR) is 81.9 cm³/mol. The van der Waals surface area contributed by atoms with Crippen molar-refractivity contribution >= 4 is 11.4 Å². The normalized spacial score (nSPS) is 27.3. The summed E-state index contributed by atoms with van der Waals surface area (Å²) in [5, 5.41) is 0. The predicted octanol–water partition coefficient (Wildman–Crippen LogP) is 2.46. The van der Waals surface area contributed by atoms with Crippen LogP contribution in [0.1, 0.15) is 25.7 Å². The molecule has 1 saturated carbocycles. The molecule has 19 heavy (non-hydrogen) atoms. The molecule has 0 spiro atoms. The maximum Gasteiger partial charge on any atom is 0.0604 e. The van der Waals surface area contributed by atoms with Crippen molar-refractivity contribution in [1.82, 2.24) is 0 Å². The molecule has 0 radical (unpaired) electrons. The molecule has 104 valence electrons. The number of hydrogen-bond acceptors (Lipinski definition) is 3. The Morgan fingerprint density at radius 2 is 1.84 bits per heavy atom. The van der Waals surface area contributed by atoms with Crippen molar-refractivity contribution in [3.63, 3.8) is 0 Å². The van der Waals surface area contributed by atoms with Gasteiger partial charge in [-0.15, -0.1) is 0 Å². The lowest BCUT2D eigenvalue weighted by atomic mass is 9.84. The van der Waals surface area contributed by atoms with Gasteiger partial charge in [0.15, 0.2) is 0 Å². The maximum atomic E-state index is 6.31. The quantitative estimate of drug-likeness (QED) is 0.885. The number of rotatable bonds is 2. The van der Waals surface area contributed by atoms with Crippen molar-refractivity contribution in [3.05, 3.63) is 24.3 Å². The first-order chi connectivity index (χ1) is 9.25. The van der Waals surface area contributed by atoms with E-state index in [-0.39, 0.29) is 0 Å². The minimum Gasteiger partial charge on any atom is -0.371 e. The lowest BCUT2D eigenvalue weighted by Crippen LogP contribution is -2.46. The Balaban J connectivity index is 1.77. The van der Waals surface area contributed by atoms with Crippen LogP contribution in [0, 0.1) is 5.92 Å². The first-order valence-corrected chi connectivity index (χ1v) is 7.56. The molecule has 3 nitrogen and oxygen atoms in total. The number of hydrogen-bond donors (Lipinski definition) is 1. The van der Waals surface area contributed by atoms with Crippen molar-refractivity contribution in [2.75, 3.05) is 36.5 Å². The summed E-state index contributed by atoms with van der Waals surface area (Å²) in [7, 11) is 2.18. The molecule has 1 aliphatic carbocycles. The zero-order valence-electron chi connectivity index (χ0n) is 11.9. The van der Waals surface area contributed by atoms with Crippen molar-refractivity contribution in [3.8, 4) is 0 Å². The largest absolute Gasteiger partial charge is 0.371 e. The molecular weight excluding hydrogens is 234 g/mol. The molecule has 0 bridgehead atoms. The van der Waals surface area contributed by atoms with Crippen LogP contribution in [-0.4, -0.2) is 32.7 Å². The van der Waals surface area contributed by atoms with Gasteiger partial charge in [0.25, 0.3) is 0 Å². The van der Waals surface area contributed by atoms with Crippen LogP contribution in [0.4, 0.5) is 11.4 Å². The van der Waals surface area contributed by atoms with Crippen molar-refractivity contribution in [1.29, 1.82) is 0 Å². The number of para-hydroxylation sites is 2. The van der Waals surface area contributed by atoms with E-state index in [0.29, 0.717) is 12.0 Å². The minimum absolute atomic E-state index is 0.403. The molecular formula is C16H25N3. The highest BCUT2D eigenvalue weighted by Gasteiger charge is 2.27. The van der Waals surface area contributed by atoms with Gasteiger partial charge in [0, 0.05) is 32.7 Å². The SMILES string of the molecule is CN1CCN(CC2CCCCC2N)c2ccccc21. The lowest BCUT2D eigenvalue weighted by Gasteiger charge is -2.40. The van der Waals surface area contributed by atoms with E-state index >= 15 is 0 Å². The van der Waals surface area contributed by atoms with Gasteiger partial charge in [-0.1, -0.05) is 25.0 Å². The summed E-state index contributed by atoms with van der Waals surface area (Å²) in [6.07, 6.45) is 5.18. The van der Waals surface area contributed by atoms with Gasteiger partial charge in [-0.05, 0) is 30.9 Å². The molecule has 1 fully saturated rings. The monoisotopic (exact) mass is 259 g/mol. The molecule has 2 N–H and O–H groups in total. The molecule has 1 heterocycles.